The van der Waals surface area contributed by atoms with Gasteiger partial charge in [0.15, 0.2) is 6.61 Å². The van der Waals surface area contributed by atoms with Crippen LogP contribution in [-0.2, 0) is 14.3 Å². The van der Waals surface area contributed by atoms with Crippen molar-refractivity contribution in [3.63, 3.8) is 0 Å². The number of carbonyl (C=O) groups excluding carboxylic acids is 3. The monoisotopic (exact) mass is 412 g/mol. The number of carbonyl (C=O) groups is 3. The molecule has 0 N–H and O–H groups in total. The number of amides is 1. The van der Waals surface area contributed by atoms with Gasteiger partial charge < -0.3 is 14.4 Å². The van der Waals surface area contributed by atoms with Crippen LogP contribution in [0.5, 0.6) is 5.75 Å². The highest BCUT2D eigenvalue weighted by Gasteiger charge is 2.37. The van der Waals surface area contributed by atoms with E-state index in [9.17, 15) is 24.5 Å². The number of hydrogen-bond acceptors (Lipinski definition) is 7. The van der Waals surface area contributed by atoms with Crippen LogP contribution in [0.4, 0.5) is 11.4 Å². The Morgan fingerprint density at radius 3 is 2.67 bits per heavy atom. The lowest BCUT2D eigenvalue weighted by Crippen LogP contribution is -2.27. The predicted octanol–water partition coefficient (Wildman–Crippen LogP) is 2.69. The third kappa shape index (κ3) is 4.29. The fraction of sp³-hybridized carbons (Fsp3) is 0.286. The van der Waals surface area contributed by atoms with Gasteiger partial charge in [-0.1, -0.05) is 24.3 Å². The number of hydrogen-bond donors (Lipinski definition) is 0. The first-order chi connectivity index (χ1) is 14.3. The Balaban J connectivity index is 1.63. The van der Waals surface area contributed by atoms with Crippen LogP contribution < -0.4 is 9.64 Å². The molecule has 0 spiro atoms. The molecule has 0 aliphatic carbocycles. The number of nitro benzene ring substituents is 1. The van der Waals surface area contributed by atoms with E-state index in [0.717, 1.165) is 6.07 Å². The Hall–Kier alpha value is -3.75. The molecule has 9 nitrogen and oxygen atoms in total. The molecule has 0 unspecified atom stereocenters. The van der Waals surface area contributed by atoms with Crippen molar-refractivity contribution in [1.29, 1.82) is 0 Å². The van der Waals surface area contributed by atoms with Crippen LogP contribution in [0.25, 0.3) is 0 Å². The molecule has 1 amide bonds. The van der Waals surface area contributed by atoms with Crippen LogP contribution in [0.2, 0.25) is 0 Å². The Morgan fingerprint density at radius 2 is 1.97 bits per heavy atom. The fourth-order valence-electron chi connectivity index (χ4n) is 3.27. The minimum atomic E-state index is -0.720. The van der Waals surface area contributed by atoms with Gasteiger partial charge >= 0.3 is 5.97 Å². The molecule has 0 bridgehead atoms. The van der Waals surface area contributed by atoms with E-state index in [4.69, 9.17) is 9.47 Å². The zero-order valence-electron chi connectivity index (χ0n) is 16.5. The van der Waals surface area contributed by atoms with E-state index in [-0.39, 0.29) is 30.1 Å². The van der Waals surface area contributed by atoms with Gasteiger partial charge in [0, 0.05) is 30.2 Å². The fourth-order valence-corrected chi connectivity index (χ4v) is 3.27. The number of Topliss-reactive ketones (excluding diaryl/α,β-unsaturated/α-hetero) is 1. The average Bonchev–Trinajstić information content (AvgIpc) is 3.13. The van der Waals surface area contributed by atoms with Gasteiger partial charge in [-0.2, -0.15) is 0 Å². The van der Waals surface area contributed by atoms with Crippen LogP contribution in [0.1, 0.15) is 22.3 Å². The Morgan fingerprint density at radius 1 is 1.23 bits per heavy atom. The highest BCUT2D eigenvalue weighted by molar-refractivity contribution is 6.01. The summed E-state index contributed by atoms with van der Waals surface area (Å²) in [4.78, 5) is 49.0. The molecule has 1 aliphatic rings. The van der Waals surface area contributed by atoms with Gasteiger partial charge in [-0.15, -0.1) is 0 Å². The molecular weight excluding hydrogens is 392 g/mol. The molecule has 0 saturated carbocycles. The van der Waals surface area contributed by atoms with E-state index in [1.807, 2.05) is 0 Å². The molecule has 1 atom stereocenters. The molecular formula is C21H20N2O7. The molecule has 3 rings (SSSR count). The quantitative estimate of drug-likeness (QED) is 0.297. The predicted molar refractivity (Wildman–Crippen MR) is 107 cm³/mol. The number of esters is 1. The van der Waals surface area contributed by atoms with Crippen molar-refractivity contribution in [2.75, 3.05) is 25.2 Å². The molecule has 2 aromatic rings. The van der Waals surface area contributed by atoms with Crippen molar-refractivity contribution < 1.29 is 28.8 Å². The highest BCUT2D eigenvalue weighted by atomic mass is 16.6. The molecule has 9 heteroatoms. The maximum atomic E-state index is 12.4. The number of nitrogens with zero attached hydrogens (tertiary/aromatic N) is 2. The van der Waals surface area contributed by atoms with Crippen molar-refractivity contribution in [2.45, 2.75) is 13.3 Å². The number of ether oxygens (including phenoxy) is 2. The van der Waals surface area contributed by atoms with E-state index in [2.05, 4.69) is 0 Å². The number of nitro groups is 1. The minimum absolute atomic E-state index is 0.0406. The summed E-state index contributed by atoms with van der Waals surface area (Å²) in [5.74, 6) is -1.69. The second-order valence-electron chi connectivity index (χ2n) is 6.87. The molecule has 0 aromatic heterocycles. The van der Waals surface area contributed by atoms with Crippen LogP contribution in [0, 0.1) is 23.0 Å². The summed E-state index contributed by atoms with van der Waals surface area (Å²) in [5, 5.41) is 11.0. The molecule has 0 radical (unpaired) electrons. The molecule has 156 valence electrons. The zero-order chi connectivity index (χ0) is 21.8. The van der Waals surface area contributed by atoms with Gasteiger partial charge in [-0.3, -0.25) is 24.5 Å². The number of methoxy groups -OCH3 is 1. The van der Waals surface area contributed by atoms with Gasteiger partial charge in [0.2, 0.25) is 11.7 Å². The molecule has 1 heterocycles. The van der Waals surface area contributed by atoms with Gasteiger partial charge in [0.1, 0.15) is 5.75 Å². The molecule has 1 fully saturated rings. The van der Waals surface area contributed by atoms with E-state index in [1.165, 1.54) is 24.1 Å². The molecule has 1 aliphatic heterocycles. The SMILES string of the molecule is COc1ccccc1N1C[C@@H](C(=O)OCC(=O)c2ccc(C)c([N+](=O)[O-])c2)CC1=O. The smallest absolute Gasteiger partial charge is 0.311 e. The summed E-state index contributed by atoms with van der Waals surface area (Å²) in [5.41, 5.74) is 0.886. The number of aryl methyl sites for hydroxylation is 1. The molecule has 2 aromatic carbocycles. The van der Waals surface area contributed by atoms with Crippen molar-refractivity contribution in [3.8, 4) is 5.75 Å². The summed E-state index contributed by atoms with van der Waals surface area (Å²) in [6.45, 7) is 1.12. The molecule has 30 heavy (non-hydrogen) atoms. The standard InChI is InChI=1S/C21H20N2O7/c1-13-7-8-14(9-17(13)23(27)28)18(24)12-30-21(26)15-10-20(25)22(11-15)16-5-3-4-6-19(16)29-2/h3-9,15H,10-12H2,1-2H3/t15-/m0/s1. The number of anilines is 1. The first kappa shape index (κ1) is 21.0. The largest absolute Gasteiger partial charge is 0.495 e. The summed E-state index contributed by atoms with van der Waals surface area (Å²) in [6.07, 6.45) is -0.0406. The van der Waals surface area contributed by atoms with Crippen LogP contribution in [0.15, 0.2) is 42.5 Å². The third-order valence-electron chi connectivity index (χ3n) is 4.91. The lowest BCUT2D eigenvalue weighted by molar-refractivity contribution is -0.385. The van der Waals surface area contributed by atoms with E-state index in [0.29, 0.717) is 17.0 Å². The highest BCUT2D eigenvalue weighted by Crippen LogP contribution is 2.33. The second-order valence-corrected chi connectivity index (χ2v) is 6.87. The van der Waals surface area contributed by atoms with Gasteiger partial charge in [-0.05, 0) is 19.1 Å². The molecule has 1 saturated heterocycles. The summed E-state index contributed by atoms with van der Waals surface area (Å²) < 4.78 is 10.4. The normalized spacial score (nSPS) is 15.7. The van der Waals surface area contributed by atoms with Gasteiger partial charge in [0.05, 0.1) is 23.6 Å². The number of ketones is 1. The Bertz CT molecular complexity index is 1020. The average molecular weight is 412 g/mol. The lowest BCUT2D eigenvalue weighted by Gasteiger charge is -2.19. The topological polar surface area (TPSA) is 116 Å². The first-order valence-electron chi connectivity index (χ1n) is 9.20. The lowest BCUT2D eigenvalue weighted by atomic mass is 10.1. The number of benzene rings is 2. The minimum Gasteiger partial charge on any atom is -0.495 e. The summed E-state index contributed by atoms with van der Waals surface area (Å²) in [7, 11) is 1.49. The van der Waals surface area contributed by atoms with Crippen molar-refractivity contribution >= 4 is 29.0 Å². The van der Waals surface area contributed by atoms with Crippen LogP contribution in [0.3, 0.4) is 0 Å². The summed E-state index contributed by atoms with van der Waals surface area (Å²) >= 11 is 0. The van der Waals surface area contributed by atoms with E-state index < -0.39 is 29.2 Å². The Labute approximate surface area is 172 Å². The van der Waals surface area contributed by atoms with E-state index >= 15 is 0 Å². The van der Waals surface area contributed by atoms with Crippen molar-refractivity contribution in [3.05, 3.63) is 63.7 Å². The van der Waals surface area contributed by atoms with Crippen molar-refractivity contribution in [2.24, 2.45) is 5.92 Å². The zero-order valence-corrected chi connectivity index (χ0v) is 16.5. The first-order valence-corrected chi connectivity index (χ1v) is 9.20. The number of rotatable bonds is 7. The third-order valence-corrected chi connectivity index (χ3v) is 4.91. The van der Waals surface area contributed by atoms with Gasteiger partial charge in [-0.25, -0.2) is 0 Å². The van der Waals surface area contributed by atoms with E-state index in [1.54, 1.807) is 31.2 Å². The maximum absolute atomic E-state index is 12.4. The maximum Gasteiger partial charge on any atom is 0.311 e. The van der Waals surface area contributed by atoms with Crippen molar-refractivity contribution in [1.82, 2.24) is 0 Å². The van der Waals surface area contributed by atoms with Crippen LogP contribution >= 0.6 is 0 Å². The summed E-state index contributed by atoms with van der Waals surface area (Å²) in [6, 6.07) is 11.0. The van der Waals surface area contributed by atoms with Gasteiger partial charge in [0.25, 0.3) is 5.69 Å². The Kier molecular flexibility index (Phi) is 6.10. The van der Waals surface area contributed by atoms with Crippen LogP contribution in [-0.4, -0.2) is 42.8 Å². The second kappa shape index (κ2) is 8.73. The number of para-hydroxylation sites is 2.